The number of nitrogens with zero attached hydrogens (tertiary/aromatic N) is 1. The van der Waals surface area contributed by atoms with Gasteiger partial charge in [-0.05, 0) is 31.4 Å². The van der Waals surface area contributed by atoms with Crippen LogP contribution in [0.3, 0.4) is 0 Å². The van der Waals surface area contributed by atoms with Gasteiger partial charge in [-0.3, -0.25) is 4.98 Å². The van der Waals surface area contributed by atoms with Crippen molar-refractivity contribution < 1.29 is 0 Å². The van der Waals surface area contributed by atoms with Crippen LogP contribution < -0.4 is 0 Å². The maximum absolute atomic E-state index is 3.78. The second-order valence-electron chi connectivity index (χ2n) is 2.50. The Balaban J connectivity index is 0.000000223. The van der Waals surface area contributed by atoms with Crippen molar-refractivity contribution in [3.63, 3.8) is 0 Å². The Morgan fingerprint density at radius 2 is 1.85 bits per heavy atom. The number of allylic oxidation sites excluding steroid dienone is 1. The molecular weight excluding hydrogens is 226 g/mol. The molecule has 72 valence electrons. The van der Waals surface area contributed by atoms with Crippen LogP contribution in [0.25, 0.3) is 0 Å². The monoisotopic (exact) mass is 241 g/mol. The van der Waals surface area contributed by atoms with Crippen molar-refractivity contribution in [3.8, 4) is 0 Å². The molecule has 0 amide bonds. The molecule has 0 radical (unpaired) electrons. The zero-order valence-corrected chi connectivity index (χ0v) is 9.41. The molecule has 1 rings (SSSR count). The molecule has 0 unspecified atom stereocenters. The fourth-order valence-corrected chi connectivity index (χ4v) is 1.09. The number of aromatic nitrogens is 1. The van der Waals surface area contributed by atoms with E-state index >= 15 is 0 Å². The quantitative estimate of drug-likeness (QED) is 0.444. The Bertz CT molecular complexity index is 160. The van der Waals surface area contributed by atoms with E-state index in [-0.39, 0.29) is 0 Å². The van der Waals surface area contributed by atoms with Crippen molar-refractivity contribution in [1.29, 1.82) is 0 Å². The first kappa shape index (κ1) is 12.4. The van der Waals surface area contributed by atoms with Gasteiger partial charge in [0.25, 0.3) is 0 Å². The fraction of sp³-hybridized carbons (Fsp3) is 0.364. The standard InChI is InChI=1S/C6H11Br.C5H5N/c1-2-3-4-5-6-7;1-2-4-6-5-3-1/h2H,1,3-6H2;1-5H. The minimum Gasteiger partial charge on any atom is -0.265 e. The van der Waals surface area contributed by atoms with Gasteiger partial charge < -0.3 is 0 Å². The predicted molar refractivity (Wildman–Crippen MR) is 62.1 cm³/mol. The second-order valence-corrected chi connectivity index (χ2v) is 3.29. The van der Waals surface area contributed by atoms with Crippen molar-refractivity contribution >= 4 is 15.9 Å². The van der Waals surface area contributed by atoms with Crippen LogP contribution in [-0.4, -0.2) is 10.3 Å². The molecule has 0 spiro atoms. The van der Waals surface area contributed by atoms with E-state index in [1.165, 1.54) is 12.8 Å². The van der Waals surface area contributed by atoms with Crippen LogP contribution in [-0.2, 0) is 0 Å². The number of halogens is 1. The van der Waals surface area contributed by atoms with Crippen LogP contribution >= 0.6 is 15.9 Å². The third kappa shape index (κ3) is 11.4. The summed E-state index contributed by atoms with van der Waals surface area (Å²) in [7, 11) is 0. The summed E-state index contributed by atoms with van der Waals surface area (Å²) >= 11 is 3.35. The zero-order chi connectivity index (χ0) is 9.78. The number of hydrogen-bond donors (Lipinski definition) is 0. The van der Waals surface area contributed by atoms with E-state index in [0.29, 0.717) is 0 Å². The number of pyridine rings is 1. The third-order valence-corrected chi connectivity index (χ3v) is 1.92. The molecule has 0 atom stereocenters. The lowest BCUT2D eigenvalue weighted by atomic mass is 10.2. The Hall–Kier alpha value is -0.630. The molecule has 0 aliphatic rings. The first-order chi connectivity index (χ1) is 6.41. The molecule has 1 heterocycles. The van der Waals surface area contributed by atoms with E-state index in [0.717, 1.165) is 11.8 Å². The molecule has 1 aromatic rings. The largest absolute Gasteiger partial charge is 0.265 e. The molecule has 0 aromatic carbocycles. The van der Waals surface area contributed by atoms with Gasteiger partial charge in [-0.1, -0.05) is 28.1 Å². The van der Waals surface area contributed by atoms with Gasteiger partial charge >= 0.3 is 0 Å². The molecule has 13 heavy (non-hydrogen) atoms. The SMILES string of the molecule is C=CCCCCBr.c1ccncc1. The van der Waals surface area contributed by atoms with E-state index in [1.54, 1.807) is 12.4 Å². The molecular formula is C11H16BrN. The molecule has 1 nitrogen and oxygen atoms in total. The topological polar surface area (TPSA) is 12.9 Å². The van der Waals surface area contributed by atoms with Crippen LogP contribution in [0.4, 0.5) is 0 Å². The summed E-state index contributed by atoms with van der Waals surface area (Å²) in [6, 6.07) is 5.72. The van der Waals surface area contributed by atoms with Crippen molar-refractivity contribution in [2.45, 2.75) is 19.3 Å². The number of hydrogen-bond acceptors (Lipinski definition) is 1. The Labute approximate surface area is 89.0 Å². The van der Waals surface area contributed by atoms with E-state index in [1.807, 2.05) is 24.3 Å². The molecule has 0 aliphatic carbocycles. The smallest absolute Gasteiger partial charge is 0.0267 e. The molecule has 0 aliphatic heterocycles. The molecule has 0 saturated carbocycles. The number of unbranched alkanes of at least 4 members (excludes halogenated alkanes) is 2. The molecule has 0 fully saturated rings. The second kappa shape index (κ2) is 11.4. The molecule has 0 N–H and O–H groups in total. The third-order valence-electron chi connectivity index (χ3n) is 1.36. The minimum absolute atomic E-state index is 1.13. The highest BCUT2D eigenvalue weighted by Crippen LogP contribution is 1.97. The summed E-state index contributed by atoms with van der Waals surface area (Å²) in [5.74, 6) is 0. The van der Waals surface area contributed by atoms with Gasteiger partial charge in [0.15, 0.2) is 0 Å². The van der Waals surface area contributed by atoms with E-state index in [2.05, 4.69) is 27.5 Å². The normalized spacial score (nSPS) is 8.38. The average molecular weight is 242 g/mol. The predicted octanol–water partition coefficient (Wildman–Crippen LogP) is 3.82. The van der Waals surface area contributed by atoms with Crippen molar-refractivity contribution in [1.82, 2.24) is 4.98 Å². The molecule has 1 aromatic heterocycles. The van der Waals surface area contributed by atoms with Gasteiger partial charge in [0.1, 0.15) is 0 Å². The number of alkyl halides is 1. The summed E-state index contributed by atoms with van der Waals surface area (Å²) in [5, 5.41) is 1.13. The van der Waals surface area contributed by atoms with Crippen molar-refractivity contribution in [2.24, 2.45) is 0 Å². The summed E-state index contributed by atoms with van der Waals surface area (Å²) < 4.78 is 0. The Kier molecular flexibility index (Phi) is 10.8. The van der Waals surface area contributed by atoms with Crippen LogP contribution in [0.5, 0.6) is 0 Å². The maximum Gasteiger partial charge on any atom is 0.0267 e. The lowest BCUT2D eigenvalue weighted by molar-refractivity contribution is 0.828. The van der Waals surface area contributed by atoms with Gasteiger partial charge in [0, 0.05) is 17.7 Å². The molecule has 2 heteroatoms. The highest BCUT2D eigenvalue weighted by atomic mass is 79.9. The van der Waals surface area contributed by atoms with Crippen LogP contribution in [0, 0.1) is 0 Å². The van der Waals surface area contributed by atoms with Crippen LogP contribution in [0.2, 0.25) is 0 Å². The fourth-order valence-electron chi connectivity index (χ4n) is 0.696. The van der Waals surface area contributed by atoms with Crippen LogP contribution in [0.1, 0.15) is 19.3 Å². The van der Waals surface area contributed by atoms with Gasteiger partial charge in [-0.15, -0.1) is 6.58 Å². The average Bonchev–Trinajstić information content (AvgIpc) is 2.22. The van der Waals surface area contributed by atoms with E-state index in [9.17, 15) is 0 Å². The highest BCUT2D eigenvalue weighted by molar-refractivity contribution is 9.09. The summed E-state index contributed by atoms with van der Waals surface area (Å²) in [6.45, 7) is 3.62. The van der Waals surface area contributed by atoms with E-state index in [4.69, 9.17) is 0 Å². The summed E-state index contributed by atoms with van der Waals surface area (Å²) in [6.07, 6.45) is 9.16. The van der Waals surface area contributed by atoms with Gasteiger partial charge in [0.05, 0.1) is 0 Å². The maximum atomic E-state index is 3.78. The van der Waals surface area contributed by atoms with Crippen LogP contribution in [0.15, 0.2) is 43.2 Å². The van der Waals surface area contributed by atoms with Gasteiger partial charge in [-0.2, -0.15) is 0 Å². The van der Waals surface area contributed by atoms with E-state index < -0.39 is 0 Å². The number of rotatable bonds is 4. The zero-order valence-electron chi connectivity index (χ0n) is 7.82. The lowest BCUT2D eigenvalue weighted by Gasteiger charge is -1.86. The first-order valence-electron chi connectivity index (χ1n) is 4.43. The highest BCUT2D eigenvalue weighted by Gasteiger charge is 1.78. The minimum atomic E-state index is 1.13. The summed E-state index contributed by atoms with van der Waals surface area (Å²) in [5.41, 5.74) is 0. The Morgan fingerprint density at radius 3 is 2.15 bits per heavy atom. The van der Waals surface area contributed by atoms with Gasteiger partial charge in [0.2, 0.25) is 0 Å². The molecule has 0 saturated heterocycles. The van der Waals surface area contributed by atoms with Crippen molar-refractivity contribution in [2.75, 3.05) is 5.33 Å². The first-order valence-corrected chi connectivity index (χ1v) is 5.55. The van der Waals surface area contributed by atoms with Gasteiger partial charge in [-0.25, -0.2) is 0 Å². The van der Waals surface area contributed by atoms with Crippen molar-refractivity contribution in [3.05, 3.63) is 43.2 Å². The summed E-state index contributed by atoms with van der Waals surface area (Å²) in [4.78, 5) is 3.78. The molecule has 0 bridgehead atoms. The Morgan fingerprint density at radius 1 is 1.15 bits per heavy atom. The lowest BCUT2D eigenvalue weighted by Crippen LogP contribution is -1.71.